The van der Waals surface area contributed by atoms with Crippen molar-refractivity contribution in [3.8, 4) is 23.0 Å². The summed E-state index contributed by atoms with van der Waals surface area (Å²) in [6.07, 6.45) is 19.6. The quantitative estimate of drug-likeness (QED) is 0.0492. The molecule has 280 valence electrons. The molecule has 0 bridgehead atoms. The molecule has 0 aliphatic carbocycles. The van der Waals surface area contributed by atoms with Gasteiger partial charge in [0.2, 0.25) is 11.5 Å². The van der Waals surface area contributed by atoms with Gasteiger partial charge in [0.25, 0.3) is 0 Å². The van der Waals surface area contributed by atoms with Crippen LogP contribution in [-0.2, 0) is 19.2 Å². The van der Waals surface area contributed by atoms with Gasteiger partial charge < -0.3 is 18.9 Å². The van der Waals surface area contributed by atoms with Gasteiger partial charge in [-0.2, -0.15) is 0 Å². The molecule has 50 heavy (non-hydrogen) atoms. The summed E-state index contributed by atoms with van der Waals surface area (Å²) >= 11 is 0. The second-order valence-corrected chi connectivity index (χ2v) is 13.4. The molecule has 0 atom stereocenters. The van der Waals surface area contributed by atoms with Gasteiger partial charge in [0.1, 0.15) is 0 Å². The van der Waals surface area contributed by atoms with E-state index >= 15 is 0 Å². The molecule has 0 aliphatic heterocycles. The molecule has 0 heterocycles. The highest BCUT2D eigenvalue weighted by molar-refractivity contribution is 6.02. The number of benzene rings is 2. The molecule has 2 rings (SSSR count). The van der Waals surface area contributed by atoms with E-state index in [2.05, 4.69) is 27.7 Å². The third-order valence-corrected chi connectivity index (χ3v) is 8.84. The first kappa shape index (κ1) is 42.7. The van der Waals surface area contributed by atoms with E-state index in [0.717, 1.165) is 103 Å². The van der Waals surface area contributed by atoms with Crippen LogP contribution in [0, 0.1) is 0 Å². The molecule has 0 fully saturated rings. The predicted molar refractivity (Wildman–Crippen MR) is 200 cm³/mol. The minimum Gasteiger partial charge on any atom is -0.422 e. The van der Waals surface area contributed by atoms with Crippen LogP contribution in [-0.4, -0.2) is 23.9 Å². The minimum absolute atomic E-state index is 0.0106. The lowest BCUT2D eigenvalue weighted by atomic mass is 10.1. The summed E-state index contributed by atoms with van der Waals surface area (Å²) in [7, 11) is 0. The average molecular weight is 697 g/mol. The summed E-state index contributed by atoms with van der Waals surface area (Å²) in [6, 6.07) is 6.99. The van der Waals surface area contributed by atoms with Crippen molar-refractivity contribution in [1.29, 1.82) is 0 Å². The fourth-order valence-electron chi connectivity index (χ4n) is 5.87. The number of unbranched alkanes of at least 4 members (excludes halogenated alkanes) is 16. The molecule has 0 unspecified atom stereocenters. The number of hydrogen-bond acceptors (Lipinski definition) is 8. The van der Waals surface area contributed by atoms with Crippen LogP contribution in [0.2, 0.25) is 0 Å². The number of fused-ring (bicyclic) bond motifs is 1. The van der Waals surface area contributed by atoms with Gasteiger partial charge in [-0.25, -0.2) is 0 Å². The summed E-state index contributed by atoms with van der Waals surface area (Å²) in [5.74, 6) is -2.47. The molecule has 0 radical (unpaired) electrons. The average Bonchev–Trinajstić information content (AvgIpc) is 3.10. The SMILES string of the molecule is CCCCCCCC(=O)Oc1c(OC(=O)CCCCCCC)c(OC(=O)CCCCCCC)c2ccccc2c1OC(=O)CCCCCCC. The monoisotopic (exact) mass is 696 g/mol. The molecule has 8 nitrogen and oxygen atoms in total. The van der Waals surface area contributed by atoms with Gasteiger partial charge >= 0.3 is 23.9 Å². The van der Waals surface area contributed by atoms with E-state index in [0.29, 0.717) is 36.5 Å². The van der Waals surface area contributed by atoms with Gasteiger partial charge in [0, 0.05) is 36.5 Å². The summed E-state index contributed by atoms with van der Waals surface area (Å²) < 4.78 is 23.9. The minimum atomic E-state index is -0.543. The zero-order valence-electron chi connectivity index (χ0n) is 31.5. The first-order chi connectivity index (χ1) is 24.4. The van der Waals surface area contributed by atoms with Crippen molar-refractivity contribution in [2.24, 2.45) is 0 Å². The Hall–Kier alpha value is -3.42. The predicted octanol–water partition coefficient (Wildman–Crippen LogP) is 11.9. The van der Waals surface area contributed by atoms with Gasteiger partial charge in [-0.3, -0.25) is 19.2 Å². The number of carbonyl (C=O) groups is 4. The molecule has 0 aliphatic rings. The van der Waals surface area contributed by atoms with Gasteiger partial charge in [-0.15, -0.1) is 0 Å². The summed E-state index contributed by atoms with van der Waals surface area (Å²) in [5.41, 5.74) is 0. The summed E-state index contributed by atoms with van der Waals surface area (Å²) in [6.45, 7) is 8.54. The van der Waals surface area contributed by atoms with Crippen molar-refractivity contribution in [3.63, 3.8) is 0 Å². The Morgan fingerprint density at radius 1 is 0.360 bits per heavy atom. The van der Waals surface area contributed by atoms with Crippen LogP contribution in [0.3, 0.4) is 0 Å². The third-order valence-electron chi connectivity index (χ3n) is 8.84. The number of esters is 4. The van der Waals surface area contributed by atoms with Crippen molar-refractivity contribution >= 4 is 34.6 Å². The van der Waals surface area contributed by atoms with Crippen LogP contribution in [0.15, 0.2) is 24.3 Å². The molecule has 0 amide bonds. The number of ether oxygens (including phenoxy) is 4. The molecular formula is C42H64O8. The smallest absolute Gasteiger partial charge is 0.311 e. The molecule has 0 saturated heterocycles. The summed E-state index contributed by atoms with van der Waals surface area (Å²) in [4.78, 5) is 53.2. The Labute approximate surface area is 301 Å². The molecule has 0 saturated carbocycles. The fraction of sp³-hybridized carbons (Fsp3) is 0.667. The first-order valence-electron chi connectivity index (χ1n) is 19.8. The Morgan fingerprint density at radius 2 is 0.600 bits per heavy atom. The highest BCUT2D eigenvalue weighted by atomic mass is 16.6. The number of carbonyl (C=O) groups excluding carboxylic acids is 4. The van der Waals surface area contributed by atoms with Crippen LogP contribution in [0.25, 0.3) is 10.8 Å². The van der Waals surface area contributed by atoms with Crippen molar-refractivity contribution in [1.82, 2.24) is 0 Å². The van der Waals surface area contributed by atoms with Crippen molar-refractivity contribution in [2.75, 3.05) is 0 Å². The largest absolute Gasteiger partial charge is 0.422 e. The van der Waals surface area contributed by atoms with Crippen molar-refractivity contribution in [3.05, 3.63) is 24.3 Å². The van der Waals surface area contributed by atoms with Crippen LogP contribution < -0.4 is 18.9 Å². The van der Waals surface area contributed by atoms with E-state index in [1.807, 2.05) is 0 Å². The zero-order valence-corrected chi connectivity index (χ0v) is 31.5. The molecule has 2 aromatic carbocycles. The van der Waals surface area contributed by atoms with E-state index in [1.54, 1.807) is 24.3 Å². The second-order valence-electron chi connectivity index (χ2n) is 13.4. The van der Waals surface area contributed by atoms with Gasteiger partial charge in [-0.1, -0.05) is 155 Å². The maximum atomic E-state index is 13.4. The van der Waals surface area contributed by atoms with E-state index in [-0.39, 0.29) is 48.7 Å². The third kappa shape index (κ3) is 16.5. The normalized spacial score (nSPS) is 11.0. The Kier molecular flexibility index (Phi) is 22.6. The molecule has 0 aromatic heterocycles. The van der Waals surface area contributed by atoms with E-state index in [1.165, 1.54) is 0 Å². The van der Waals surface area contributed by atoms with Crippen LogP contribution in [0.1, 0.15) is 182 Å². The van der Waals surface area contributed by atoms with E-state index < -0.39 is 23.9 Å². The highest BCUT2D eigenvalue weighted by Gasteiger charge is 2.30. The van der Waals surface area contributed by atoms with Crippen molar-refractivity contribution < 1.29 is 38.1 Å². The Bertz CT molecular complexity index is 1200. The lowest BCUT2D eigenvalue weighted by Crippen LogP contribution is -2.17. The Balaban J connectivity index is 2.56. The Morgan fingerprint density at radius 3 is 0.860 bits per heavy atom. The molecule has 0 N–H and O–H groups in total. The maximum Gasteiger partial charge on any atom is 0.311 e. The van der Waals surface area contributed by atoms with Crippen LogP contribution >= 0.6 is 0 Å². The van der Waals surface area contributed by atoms with Gasteiger partial charge in [0.05, 0.1) is 0 Å². The highest BCUT2D eigenvalue weighted by Crippen LogP contribution is 2.52. The molecule has 0 spiro atoms. The lowest BCUT2D eigenvalue weighted by molar-refractivity contribution is -0.139. The zero-order chi connectivity index (χ0) is 36.4. The molecular weight excluding hydrogens is 632 g/mol. The molecule has 2 aromatic rings. The fourth-order valence-corrected chi connectivity index (χ4v) is 5.87. The van der Waals surface area contributed by atoms with Gasteiger partial charge in [-0.05, 0) is 25.7 Å². The van der Waals surface area contributed by atoms with E-state index in [9.17, 15) is 19.2 Å². The van der Waals surface area contributed by atoms with Crippen molar-refractivity contribution in [2.45, 2.75) is 182 Å². The van der Waals surface area contributed by atoms with Crippen LogP contribution in [0.5, 0.6) is 23.0 Å². The second kappa shape index (κ2) is 26.4. The number of rotatable bonds is 28. The molecule has 8 heteroatoms. The standard InChI is InChI=1S/C42H64O8/c1-5-9-13-17-21-29-35(43)47-39-33-27-25-26-28-34(33)40(48-36(44)30-22-18-14-10-6-2)42(50-38(46)32-24-20-16-12-8-4)41(39)49-37(45)31-23-19-15-11-7-3/h25-28H,5-24,29-32H2,1-4H3. The first-order valence-corrected chi connectivity index (χ1v) is 19.8. The van der Waals surface area contributed by atoms with E-state index in [4.69, 9.17) is 18.9 Å². The lowest BCUT2D eigenvalue weighted by Gasteiger charge is -2.20. The number of hydrogen-bond donors (Lipinski definition) is 0. The van der Waals surface area contributed by atoms with Crippen LogP contribution in [0.4, 0.5) is 0 Å². The maximum absolute atomic E-state index is 13.4. The summed E-state index contributed by atoms with van der Waals surface area (Å²) in [5, 5.41) is 0.838. The van der Waals surface area contributed by atoms with Gasteiger partial charge in [0.15, 0.2) is 11.5 Å². The topological polar surface area (TPSA) is 105 Å².